The fourth-order valence-corrected chi connectivity index (χ4v) is 0. The molecule has 0 fully saturated rings. The predicted octanol–water partition coefficient (Wildman–Crippen LogP) is 0.504. The van der Waals surface area contributed by atoms with Gasteiger partial charge in [0, 0.05) is 13.2 Å². The van der Waals surface area contributed by atoms with Crippen molar-refractivity contribution in [1.82, 2.24) is 0 Å². The number of aliphatic hydroxyl groups excluding tert-OH is 2. The summed E-state index contributed by atoms with van der Waals surface area (Å²) in [6, 6.07) is 0. The topological polar surface area (TPSA) is 107 Å². The molecule has 0 atom stereocenters. The third-order valence-corrected chi connectivity index (χ3v) is 0.129. The van der Waals surface area contributed by atoms with E-state index in [0.29, 0.717) is 6.61 Å². The number of halogens is 1. The van der Waals surface area contributed by atoms with Crippen LogP contribution in [0.1, 0.15) is 20.8 Å². The number of hydrogen-bond donors (Lipinski definition) is 4. The Labute approximate surface area is 101 Å². The van der Waals surface area contributed by atoms with Crippen LogP contribution in [0.3, 0.4) is 0 Å². The molecule has 0 spiro atoms. The van der Waals surface area contributed by atoms with E-state index < -0.39 is 0 Å². The molecule has 14 heavy (non-hydrogen) atoms. The van der Waals surface area contributed by atoms with E-state index in [1.807, 2.05) is 0 Å². The van der Waals surface area contributed by atoms with E-state index in [9.17, 15) is 0 Å². The Bertz CT molecular complexity index is 41.5. The summed E-state index contributed by atoms with van der Waals surface area (Å²) in [5.41, 5.74) is 0. The van der Waals surface area contributed by atoms with Crippen LogP contribution < -0.4 is 0 Å². The molecule has 0 saturated heterocycles. The maximum atomic E-state index is 8.25. The van der Waals surface area contributed by atoms with Gasteiger partial charge in [0.05, 0.1) is 18.5 Å². The van der Waals surface area contributed by atoms with Crippen LogP contribution in [-0.2, 0) is 28.6 Å². The summed E-state index contributed by atoms with van der Waals surface area (Å²) < 4.78 is 14.7. The maximum absolute atomic E-state index is 8.25. The van der Waals surface area contributed by atoms with Gasteiger partial charge >= 0.3 is 23.7 Å². The predicted molar refractivity (Wildman–Crippen MR) is 48.5 cm³/mol. The Kier molecular flexibility index (Phi) is 213. The second-order valence-corrected chi connectivity index (χ2v) is 1.05. The van der Waals surface area contributed by atoms with Crippen LogP contribution in [0.5, 0.6) is 0 Å². The third kappa shape index (κ3) is 659. The van der Waals surface area contributed by atoms with Gasteiger partial charge in [0.1, 0.15) is 0 Å². The van der Waals surface area contributed by atoms with Crippen LogP contribution in [0, 0.1) is 0 Å². The van der Waals surface area contributed by atoms with E-state index in [0.717, 1.165) is 20.4 Å². The van der Waals surface area contributed by atoms with Gasteiger partial charge in [-0.05, 0) is 20.8 Å². The van der Waals surface area contributed by atoms with E-state index in [4.69, 9.17) is 23.5 Å². The summed E-state index contributed by atoms with van der Waals surface area (Å²) in [5, 5.41) is 22.5. The molecule has 0 aliphatic rings. The van der Waals surface area contributed by atoms with Crippen molar-refractivity contribution >= 4 is 11.9 Å². The van der Waals surface area contributed by atoms with Crippen LogP contribution in [0.4, 0.5) is 0 Å². The molecule has 0 aliphatic carbocycles. The van der Waals surface area contributed by atoms with Gasteiger partial charge in [0.2, 0.25) is 0 Å². The number of aliphatic hydroxyl groups is 2. The molecular weight excluding hydrogens is 251 g/mol. The van der Waals surface area contributed by atoms with E-state index >= 15 is 0 Å². The van der Waals surface area contributed by atoms with E-state index in [-0.39, 0.29) is 13.2 Å². The van der Waals surface area contributed by atoms with Crippen molar-refractivity contribution in [3.63, 3.8) is 0 Å². The number of rotatable bonds is 1. The Morgan fingerprint density at radius 3 is 1.14 bits per heavy atom. The summed E-state index contributed by atoms with van der Waals surface area (Å²) in [7, 11) is 0. The van der Waals surface area contributed by atoms with Gasteiger partial charge in [-0.1, -0.05) is 0 Å². The average molecular weight is 271 g/mol. The Morgan fingerprint density at radius 1 is 1.07 bits per heavy atom. The minimum absolute atomic E-state index is 0.250. The van der Waals surface area contributed by atoms with Crippen LogP contribution in [0.15, 0.2) is 0 Å². The summed E-state index contributed by atoms with van der Waals surface area (Å²) in [6.07, 6.45) is 0. The van der Waals surface area contributed by atoms with Crippen molar-refractivity contribution in [2.45, 2.75) is 20.8 Å². The standard InChI is InChI=1S/C2H6O2.2C2H6O.ClHO.O.Ti/c1-2-4-3;2*1-2-3;1-2;;/h3H,2H2,1H3;2*3H,2H2,1H3;2H;;. The monoisotopic (exact) mass is 270 g/mol. The quantitative estimate of drug-likeness (QED) is 0.314. The molecule has 0 saturated carbocycles. The molecule has 0 aromatic rings. The van der Waals surface area contributed by atoms with Crippen LogP contribution >= 0.6 is 11.9 Å². The van der Waals surface area contributed by atoms with Crippen molar-refractivity contribution in [3.05, 3.63) is 0 Å². The Hall–Kier alpha value is 0.604. The van der Waals surface area contributed by atoms with E-state index in [2.05, 4.69) is 16.8 Å². The summed E-state index contributed by atoms with van der Waals surface area (Å²) in [5.74, 6) is 0. The van der Waals surface area contributed by atoms with Gasteiger partial charge in [-0.3, -0.25) is 9.92 Å². The first-order chi connectivity index (χ1) is 6.74. The molecule has 4 N–H and O–H groups in total. The van der Waals surface area contributed by atoms with Gasteiger partial charge in [0.25, 0.3) is 0 Å². The summed E-state index contributed by atoms with van der Waals surface area (Å²) >= 11 is 4.39. The fraction of sp³-hybridized carbons (Fsp3) is 1.00. The molecule has 0 bridgehead atoms. The molecule has 0 aromatic carbocycles. The molecule has 0 aromatic heterocycles. The second kappa shape index (κ2) is 102. The van der Waals surface area contributed by atoms with Crippen LogP contribution in [0.25, 0.3) is 0 Å². The normalized spacial score (nSPS) is 5.36. The van der Waals surface area contributed by atoms with Gasteiger partial charge in [0.15, 0.2) is 0 Å². The van der Waals surface area contributed by atoms with Gasteiger partial charge in [-0.15, -0.1) is 0 Å². The molecule has 0 rings (SSSR count). The SMILES string of the molecule is CCO.CCO.CCOO.OCl.[O]=[Ti]. The molecule has 90 valence electrons. The minimum atomic E-state index is 0.250. The Morgan fingerprint density at radius 2 is 1.14 bits per heavy atom. The molecule has 0 aliphatic heterocycles. The van der Waals surface area contributed by atoms with Crippen molar-refractivity contribution in [2.24, 2.45) is 0 Å². The van der Waals surface area contributed by atoms with Gasteiger partial charge in [-0.25, -0.2) is 4.89 Å². The molecule has 0 amide bonds. The molecule has 8 heteroatoms. The zero-order valence-corrected chi connectivity index (χ0v) is 10.9. The van der Waals surface area contributed by atoms with Crippen molar-refractivity contribution in [1.29, 1.82) is 0 Å². The zero-order chi connectivity index (χ0) is 12.8. The second-order valence-electron chi connectivity index (χ2n) is 1.05. The molecule has 0 heterocycles. The van der Waals surface area contributed by atoms with Crippen molar-refractivity contribution in [2.75, 3.05) is 19.8 Å². The third-order valence-electron chi connectivity index (χ3n) is 0.129. The fourth-order valence-electron chi connectivity index (χ4n) is 0. The van der Waals surface area contributed by atoms with Gasteiger partial charge in [-0.2, -0.15) is 0 Å². The molecular formula is C6H19ClO6Ti. The summed E-state index contributed by atoms with van der Waals surface area (Å²) in [6.45, 7) is 5.94. The average Bonchev–Trinajstić information content (AvgIpc) is 2.26. The molecule has 0 radical (unpaired) electrons. The zero-order valence-electron chi connectivity index (χ0n) is 8.60. The molecule has 0 unspecified atom stereocenters. The van der Waals surface area contributed by atoms with Crippen molar-refractivity contribution < 1.29 is 48.7 Å². The van der Waals surface area contributed by atoms with Crippen molar-refractivity contribution in [3.8, 4) is 0 Å². The first-order valence-corrected chi connectivity index (χ1v) is 4.57. The number of hydrogen-bond acceptors (Lipinski definition) is 6. The first kappa shape index (κ1) is 29.3. The van der Waals surface area contributed by atoms with E-state index in [1.165, 1.54) is 0 Å². The van der Waals surface area contributed by atoms with Gasteiger partial charge < -0.3 is 10.2 Å². The first-order valence-electron chi connectivity index (χ1n) is 3.60. The Balaban J connectivity index is -0.0000000249. The van der Waals surface area contributed by atoms with E-state index in [1.54, 1.807) is 20.8 Å². The molecule has 6 nitrogen and oxygen atoms in total. The summed E-state index contributed by atoms with van der Waals surface area (Å²) in [4.78, 5) is 3.54. The van der Waals surface area contributed by atoms with Crippen LogP contribution in [-0.4, -0.2) is 39.9 Å². The van der Waals surface area contributed by atoms with Crippen LogP contribution in [0.2, 0.25) is 0 Å².